The number of aliphatic hydroxyl groups is 2. The second kappa shape index (κ2) is 47.7. The molecule has 1 unspecified atom stereocenters. The Morgan fingerprint density at radius 3 is 1.00 bits per heavy atom. The zero-order chi connectivity index (χ0) is 57.5. The Balaban J connectivity index is -0.000000923. The van der Waals surface area contributed by atoms with Crippen LogP contribution in [0.4, 0.5) is 0 Å². The Kier molecular flexibility index (Phi) is 47.2. The van der Waals surface area contributed by atoms with Crippen LogP contribution in [0.3, 0.4) is 0 Å². The SMILES string of the molecule is C.C.CC(=O)O[C@@H]1CNC(=O)C1.CC(=O)O[C@H]1CC(=O)N(C)C1.CCCCCCCCCCCC(=O)O[C@@H]1CNC(=O)C1.CCCCCCCCCCCC(=O)O[C@H]1CC(=O)N(C)C1.CN1C[C@@H](O)CC1=O.O=C1C[C@H](O)CN1.P. The van der Waals surface area contributed by atoms with E-state index in [1.807, 2.05) is 0 Å². The molecule has 0 radical (unpaired) electrons. The highest BCUT2D eigenvalue weighted by Crippen LogP contribution is 2.17. The van der Waals surface area contributed by atoms with Crippen molar-refractivity contribution in [2.45, 2.75) is 246 Å². The number of esters is 4. The van der Waals surface area contributed by atoms with Crippen LogP contribution in [-0.2, 0) is 66.9 Å². The van der Waals surface area contributed by atoms with Crippen molar-refractivity contribution < 1.29 is 77.1 Å². The van der Waals surface area contributed by atoms with Crippen LogP contribution in [0, 0.1) is 0 Å². The van der Waals surface area contributed by atoms with E-state index in [1.54, 1.807) is 30.9 Å². The molecule has 7 atom stereocenters. The van der Waals surface area contributed by atoms with Crippen LogP contribution in [0.2, 0.25) is 0 Å². The molecule has 0 aromatic rings. The Morgan fingerprint density at radius 1 is 0.425 bits per heavy atom. The maximum absolute atomic E-state index is 11.7. The van der Waals surface area contributed by atoms with Gasteiger partial charge in [0.15, 0.2) is 0 Å². The van der Waals surface area contributed by atoms with Crippen molar-refractivity contribution in [2.24, 2.45) is 0 Å². The maximum Gasteiger partial charge on any atom is 0.306 e. The van der Waals surface area contributed by atoms with Crippen LogP contribution in [0.5, 0.6) is 0 Å². The molecule has 23 heteroatoms. The number of hydrogen-bond donors (Lipinski definition) is 5. The molecule has 80 heavy (non-hydrogen) atoms. The Hall–Kier alpha value is -4.95. The Bertz CT molecular complexity index is 1810. The van der Waals surface area contributed by atoms with Crippen molar-refractivity contribution in [1.82, 2.24) is 30.7 Å². The Morgan fingerprint density at radius 2 is 0.738 bits per heavy atom. The van der Waals surface area contributed by atoms with E-state index in [9.17, 15) is 47.9 Å². The summed E-state index contributed by atoms with van der Waals surface area (Å²) >= 11 is 0. The summed E-state index contributed by atoms with van der Waals surface area (Å²) in [5, 5.41) is 25.1. The standard InChI is InChI=1S/C17H31NO3.C16H29NO3.C7H11NO3.C6H9NO3.C5H9NO2.C4H7NO2.2CH4.H3P/c1-3-4-5-6-7-8-9-10-11-12-17(20)21-15-13-16(19)18(2)14-15;1-2-3-4-5-6-7-8-9-10-11-16(19)20-14-12-15(18)17-13-14;1-5(9)11-6-3-7(10)8(2)4-6;1-4(8)10-5-2-6(9)7-3-5;1-6-3-4(7)2-5(6)8;6-3-1-4(7)5-2-3;;;/h15H,3-14H2,1-2H3;14H,2-13H2,1H3,(H,17,18);6H,3-4H2,1-2H3;5H,2-3H2,1H3,(H,7,9);4,7H,2-3H2,1H3;3,6H,1-2H2,(H,5,7);2*1H4;1H3/t15-;14-;6-;5-;4-;3-;;;/m000000.../s1. The molecular weight excluding hydrogens is 1060 g/mol. The number of carbonyl (C=O) groups is 10. The first-order valence-electron chi connectivity index (χ1n) is 28.2. The highest BCUT2D eigenvalue weighted by molar-refractivity contribution is 6.92. The number of β-amino-alcohol motifs (C(OH)–C–C–N with tert-alkyl or cyclic N) is 2. The fraction of sp³-hybridized carbons (Fsp3) is 0.825. The summed E-state index contributed by atoms with van der Waals surface area (Å²) < 4.78 is 20.2. The Labute approximate surface area is 482 Å². The summed E-state index contributed by atoms with van der Waals surface area (Å²) in [6.45, 7) is 10.1. The molecular formula is C57H107N6O16P. The summed E-state index contributed by atoms with van der Waals surface area (Å²) in [4.78, 5) is 113. The number of unbranched alkanes of at least 4 members (excludes halogenated alkanes) is 16. The molecule has 6 aliphatic rings. The van der Waals surface area contributed by atoms with Gasteiger partial charge in [-0.05, 0) is 12.8 Å². The number of ether oxygens (including phenoxy) is 4. The molecule has 0 aromatic carbocycles. The van der Waals surface area contributed by atoms with Crippen LogP contribution >= 0.6 is 9.90 Å². The zero-order valence-electron chi connectivity index (χ0n) is 48.3. The molecule has 0 spiro atoms. The fourth-order valence-corrected chi connectivity index (χ4v) is 8.68. The van der Waals surface area contributed by atoms with Gasteiger partial charge in [0.25, 0.3) is 0 Å². The highest BCUT2D eigenvalue weighted by Gasteiger charge is 2.31. The van der Waals surface area contributed by atoms with E-state index in [0.29, 0.717) is 84.2 Å². The van der Waals surface area contributed by atoms with E-state index < -0.39 is 12.2 Å². The molecule has 6 heterocycles. The molecule has 6 rings (SSSR count). The third-order valence-electron chi connectivity index (χ3n) is 13.0. The molecule has 6 fully saturated rings. The van der Waals surface area contributed by atoms with E-state index in [1.165, 1.54) is 109 Å². The van der Waals surface area contributed by atoms with Gasteiger partial charge in [0.1, 0.15) is 24.4 Å². The first-order chi connectivity index (χ1) is 36.6. The molecule has 466 valence electrons. The van der Waals surface area contributed by atoms with Crippen molar-refractivity contribution in [3.8, 4) is 0 Å². The van der Waals surface area contributed by atoms with Crippen molar-refractivity contribution >= 4 is 69.2 Å². The smallest absolute Gasteiger partial charge is 0.306 e. The molecule has 0 aromatic heterocycles. The summed E-state index contributed by atoms with van der Waals surface area (Å²) in [5.74, 6) is -0.936. The van der Waals surface area contributed by atoms with Gasteiger partial charge in [-0.2, -0.15) is 9.90 Å². The number of aliphatic hydroxyl groups excluding tert-OH is 2. The number of likely N-dealkylation sites (tertiary alicyclic amines) is 3. The maximum atomic E-state index is 11.7. The van der Waals surface area contributed by atoms with Crippen LogP contribution in [0.15, 0.2) is 0 Å². The third kappa shape index (κ3) is 41.1. The lowest BCUT2D eigenvalue weighted by Crippen LogP contribution is -2.23. The van der Waals surface area contributed by atoms with Gasteiger partial charge in [0, 0.05) is 60.9 Å². The van der Waals surface area contributed by atoms with E-state index in [-0.39, 0.29) is 115 Å². The minimum Gasteiger partial charge on any atom is -0.460 e. The van der Waals surface area contributed by atoms with Crippen molar-refractivity contribution in [1.29, 1.82) is 0 Å². The number of nitrogens with one attached hydrogen (secondary N) is 3. The molecule has 6 aliphatic heterocycles. The van der Waals surface area contributed by atoms with E-state index in [2.05, 4.69) is 29.8 Å². The summed E-state index contributed by atoms with van der Waals surface area (Å²) in [5.41, 5.74) is 0. The second-order valence-corrected chi connectivity index (χ2v) is 20.6. The first kappa shape index (κ1) is 79.3. The third-order valence-corrected chi connectivity index (χ3v) is 13.0. The predicted octanol–water partition coefficient (Wildman–Crippen LogP) is 5.65. The van der Waals surface area contributed by atoms with Gasteiger partial charge in [-0.3, -0.25) is 47.9 Å². The van der Waals surface area contributed by atoms with Crippen molar-refractivity contribution in [2.75, 3.05) is 60.4 Å². The fourth-order valence-electron chi connectivity index (χ4n) is 8.68. The van der Waals surface area contributed by atoms with Gasteiger partial charge in [-0.25, -0.2) is 0 Å². The van der Waals surface area contributed by atoms with Gasteiger partial charge < -0.3 is 59.8 Å². The summed E-state index contributed by atoms with van der Waals surface area (Å²) in [7, 11) is 5.14. The number of amides is 6. The minimum absolute atomic E-state index is 0. The van der Waals surface area contributed by atoms with Gasteiger partial charge in [-0.1, -0.05) is 131 Å². The first-order valence-corrected chi connectivity index (χ1v) is 28.2. The molecule has 6 amide bonds. The number of carbonyl (C=O) groups excluding carboxylic acids is 10. The predicted molar refractivity (Wildman–Crippen MR) is 311 cm³/mol. The molecule has 0 bridgehead atoms. The van der Waals surface area contributed by atoms with Crippen LogP contribution < -0.4 is 16.0 Å². The molecule has 22 nitrogen and oxygen atoms in total. The monoisotopic (exact) mass is 1160 g/mol. The molecule has 5 N–H and O–H groups in total. The van der Waals surface area contributed by atoms with Gasteiger partial charge in [0.2, 0.25) is 35.4 Å². The minimum atomic E-state index is -0.438. The lowest BCUT2D eigenvalue weighted by molar-refractivity contribution is -0.149. The number of rotatable bonds is 24. The van der Waals surface area contributed by atoms with Crippen LogP contribution in [-0.4, -0.2) is 181 Å². The second-order valence-electron chi connectivity index (χ2n) is 20.6. The van der Waals surface area contributed by atoms with Crippen LogP contribution in [0.25, 0.3) is 0 Å². The molecule has 0 aliphatic carbocycles. The number of hydrogen-bond acceptors (Lipinski definition) is 16. The van der Waals surface area contributed by atoms with Gasteiger partial charge in [0.05, 0.1) is 76.9 Å². The van der Waals surface area contributed by atoms with E-state index in [0.717, 1.165) is 25.7 Å². The van der Waals surface area contributed by atoms with Crippen molar-refractivity contribution in [3.05, 3.63) is 0 Å². The molecule has 0 saturated carbocycles. The van der Waals surface area contributed by atoms with E-state index >= 15 is 0 Å². The van der Waals surface area contributed by atoms with Crippen LogP contribution in [0.1, 0.15) is 209 Å². The molecule has 6 saturated heterocycles. The van der Waals surface area contributed by atoms with Crippen molar-refractivity contribution in [3.63, 3.8) is 0 Å². The largest absolute Gasteiger partial charge is 0.460 e. The number of likely N-dealkylation sites (N-methyl/N-ethyl adjacent to an activating group) is 3. The zero-order valence-corrected chi connectivity index (χ0v) is 49.7. The summed E-state index contributed by atoms with van der Waals surface area (Å²) in [6, 6.07) is 0. The van der Waals surface area contributed by atoms with E-state index in [4.69, 9.17) is 29.2 Å². The number of nitrogens with zero attached hydrogens (tertiary/aromatic N) is 3. The normalized spacial score (nSPS) is 21.2. The van der Waals surface area contributed by atoms with Gasteiger partial charge in [-0.15, -0.1) is 0 Å². The summed E-state index contributed by atoms with van der Waals surface area (Å²) in [6.07, 6.45) is 23.4. The lowest BCUT2D eigenvalue weighted by Gasteiger charge is -2.11. The quantitative estimate of drug-likeness (QED) is 0.0338. The topological polar surface area (TPSA) is 294 Å². The van der Waals surface area contributed by atoms with Gasteiger partial charge >= 0.3 is 23.9 Å². The average molecular weight is 1160 g/mol. The average Bonchev–Trinajstić information content (AvgIpc) is 4.23. The lowest BCUT2D eigenvalue weighted by atomic mass is 10.1. The highest BCUT2D eigenvalue weighted by atomic mass is 31.0.